The molecule has 3 nitrogen and oxygen atoms in total. The van der Waals surface area contributed by atoms with Crippen molar-refractivity contribution in [1.82, 2.24) is 10.7 Å². The van der Waals surface area contributed by atoms with Crippen molar-refractivity contribution in [3.05, 3.63) is 29.6 Å². The summed E-state index contributed by atoms with van der Waals surface area (Å²) in [6.07, 6.45) is 1.79. The van der Waals surface area contributed by atoms with Crippen molar-refractivity contribution in [1.29, 1.82) is 0 Å². The van der Waals surface area contributed by atoms with E-state index in [0.717, 1.165) is 24.1 Å². The SMILES string of the molecule is CCC1(CC)NC(=S)N(c2cc(C)cc(F)c2)N1. The molecule has 0 aliphatic carbocycles. The van der Waals surface area contributed by atoms with Gasteiger partial charge in [0.2, 0.25) is 0 Å². The molecular formula is C13H18FN3S. The Hall–Kier alpha value is -1.20. The van der Waals surface area contributed by atoms with Gasteiger partial charge in [0.05, 0.1) is 5.69 Å². The van der Waals surface area contributed by atoms with E-state index in [2.05, 4.69) is 24.6 Å². The Morgan fingerprint density at radius 1 is 1.28 bits per heavy atom. The van der Waals surface area contributed by atoms with E-state index < -0.39 is 0 Å². The second-order valence-corrected chi connectivity index (χ2v) is 5.04. The Kier molecular flexibility index (Phi) is 3.54. The molecular weight excluding hydrogens is 249 g/mol. The largest absolute Gasteiger partial charge is 0.342 e. The average molecular weight is 267 g/mol. The van der Waals surface area contributed by atoms with E-state index in [-0.39, 0.29) is 11.5 Å². The first-order chi connectivity index (χ1) is 8.49. The number of rotatable bonds is 3. The number of thiocarbonyl (C=S) groups is 1. The number of hydrazine groups is 1. The number of anilines is 1. The van der Waals surface area contributed by atoms with Crippen molar-refractivity contribution in [2.24, 2.45) is 0 Å². The number of nitrogens with one attached hydrogen (secondary N) is 2. The maximum Gasteiger partial charge on any atom is 0.189 e. The van der Waals surface area contributed by atoms with Gasteiger partial charge in [-0.15, -0.1) is 0 Å². The van der Waals surface area contributed by atoms with Crippen molar-refractivity contribution in [2.45, 2.75) is 39.3 Å². The van der Waals surface area contributed by atoms with Crippen molar-refractivity contribution in [3.63, 3.8) is 0 Å². The monoisotopic (exact) mass is 267 g/mol. The Morgan fingerprint density at radius 2 is 1.94 bits per heavy atom. The van der Waals surface area contributed by atoms with E-state index in [0.29, 0.717) is 5.11 Å². The van der Waals surface area contributed by atoms with Gasteiger partial charge in [0.25, 0.3) is 0 Å². The Morgan fingerprint density at radius 3 is 2.44 bits per heavy atom. The normalized spacial score (nSPS) is 18.0. The number of benzene rings is 1. The quantitative estimate of drug-likeness (QED) is 0.824. The van der Waals surface area contributed by atoms with Crippen LogP contribution in [0.2, 0.25) is 0 Å². The summed E-state index contributed by atoms with van der Waals surface area (Å²) in [5.74, 6) is -0.250. The molecule has 1 aromatic carbocycles. The van der Waals surface area contributed by atoms with Crippen LogP contribution in [0.4, 0.5) is 10.1 Å². The smallest absolute Gasteiger partial charge is 0.189 e. The predicted octanol–water partition coefficient (Wildman–Crippen LogP) is 2.85. The van der Waals surface area contributed by atoms with Crippen LogP contribution in [-0.4, -0.2) is 10.8 Å². The molecule has 2 rings (SSSR count). The van der Waals surface area contributed by atoms with Crippen LogP contribution in [0.25, 0.3) is 0 Å². The third kappa shape index (κ3) is 2.33. The maximum atomic E-state index is 13.4. The topological polar surface area (TPSA) is 27.3 Å². The first kappa shape index (κ1) is 13.2. The van der Waals surface area contributed by atoms with Gasteiger partial charge in [0, 0.05) is 0 Å². The van der Waals surface area contributed by atoms with Crippen LogP contribution in [0, 0.1) is 12.7 Å². The summed E-state index contributed by atoms with van der Waals surface area (Å²) in [4.78, 5) is 0. The molecule has 1 fully saturated rings. The van der Waals surface area contributed by atoms with E-state index >= 15 is 0 Å². The molecule has 0 unspecified atom stereocenters. The van der Waals surface area contributed by atoms with E-state index in [9.17, 15) is 4.39 Å². The minimum atomic E-state index is -0.250. The third-order valence-corrected chi connectivity index (χ3v) is 3.65. The van der Waals surface area contributed by atoms with Crippen LogP contribution < -0.4 is 15.8 Å². The molecule has 0 bridgehead atoms. The summed E-state index contributed by atoms with van der Waals surface area (Å²) in [7, 11) is 0. The lowest BCUT2D eigenvalue weighted by Crippen LogP contribution is -2.50. The number of nitrogens with zero attached hydrogens (tertiary/aromatic N) is 1. The molecule has 1 saturated heterocycles. The number of halogens is 1. The molecule has 0 aromatic heterocycles. The summed E-state index contributed by atoms with van der Waals surface area (Å²) in [5, 5.41) is 5.61. The van der Waals surface area contributed by atoms with Crippen molar-refractivity contribution < 1.29 is 4.39 Å². The van der Waals surface area contributed by atoms with Gasteiger partial charge in [0.1, 0.15) is 11.5 Å². The molecule has 1 heterocycles. The summed E-state index contributed by atoms with van der Waals surface area (Å²) < 4.78 is 13.4. The lowest BCUT2D eigenvalue weighted by molar-refractivity contribution is 0.315. The predicted molar refractivity (Wildman–Crippen MR) is 75.8 cm³/mol. The number of hydrogen-bond acceptors (Lipinski definition) is 2. The van der Waals surface area contributed by atoms with Crippen LogP contribution in [0.1, 0.15) is 32.3 Å². The fourth-order valence-corrected chi connectivity index (χ4v) is 2.51. The van der Waals surface area contributed by atoms with Crippen LogP contribution in [0.15, 0.2) is 18.2 Å². The zero-order valence-corrected chi connectivity index (χ0v) is 11.7. The summed E-state index contributed by atoms with van der Waals surface area (Å²) in [6.45, 7) is 6.05. The van der Waals surface area contributed by atoms with Crippen LogP contribution in [-0.2, 0) is 0 Å². The second kappa shape index (κ2) is 4.82. The van der Waals surface area contributed by atoms with E-state index in [1.807, 2.05) is 13.0 Å². The van der Waals surface area contributed by atoms with Gasteiger partial charge in [0.15, 0.2) is 5.11 Å². The molecule has 0 saturated carbocycles. The Labute approximate surface area is 112 Å². The van der Waals surface area contributed by atoms with Gasteiger partial charge in [-0.2, -0.15) is 0 Å². The molecule has 1 aromatic rings. The summed E-state index contributed by atoms with van der Waals surface area (Å²) >= 11 is 5.32. The van der Waals surface area contributed by atoms with Gasteiger partial charge in [-0.25, -0.2) is 14.8 Å². The molecule has 1 aliphatic heterocycles. The third-order valence-electron chi connectivity index (χ3n) is 3.37. The molecule has 5 heteroatoms. The lowest BCUT2D eigenvalue weighted by Gasteiger charge is -2.27. The molecule has 98 valence electrons. The molecule has 1 aliphatic rings. The number of aryl methyl sites for hydroxylation is 1. The van der Waals surface area contributed by atoms with Crippen molar-refractivity contribution in [2.75, 3.05) is 5.01 Å². The highest BCUT2D eigenvalue weighted by Gasteiger charge is 2.37. The first-order valence-corrected chi connectivity index (χ1v) is 6.58. The van der Waals surface area contributed by atoms with Gasteiger partial charge in [-0.05, 0) is 55.7 Å². The molecule has 0 radical (unpaired) electrons. The van der Waals surface area contributed by atoms with E-state index in [1.54, 1.807) is 5.01 Å². The minimum Gasteiger partial charge on any atom is -0.342 e. The zero-order chi connectivity index (χ0) is 13.3. The fourth-order valence-electron chi connectivity index (χ4n) is 2.17. The highest BCUT2D eigenvalue weighted by molar-refractivity contribution is 7.80. The lowest BCUT2D eigenvalue weighted by atomic mass is 10.1. The van der Waals surface area contributed by atoms with Crippen molar-refractivity contribution >= 4 is 23.0 Å². The molecule has 2 N–H and O–H groups in total. The zero-order valence-electron chi connectivity index (χ0n) is 10.9. The molecule has 0 spiro atoms. The summed E-state index contributed by atoms with van der Waals surface area (Å²) in [5.41, 5.74) is 4.72. The highest BCUT2D eigenvalue weighted by Crippen LogP contribution is 2.25. The number of hydrogen-bond donors (Lipinski definition) is 2. The molecule has 0 amide bonds. The van der Waals surface area contributed by atoms with E-state index in [4.69, 9.17) is 12.2 Å². The van der Waals surface area contributed by atoms with Crippen LogP contribution in [0.3, 0.4) is 0 Å². The summed E-state index contributed by atoms with van der Waals surface area (Å²) in [6, 6.07) is 4.89. The van der Waals surface area contributed by atoms with E-state index in [1.165, 1.54) is 12.1 Å². The second-order valence-electron chi connectivity index (χ2n) is 4.65. The average Bonchev–Trinajstić information content (AvgIpc) is 2.66. The van der Waals surface area contributed by atoms with Gasteiger partial charge >= 0.3 is 0 Å². The van der Waals surface area contributed by atoms with Crippen molar-refractivity contribution in [3.8, 4) is 0 Å². The Bertz CT molecular complexity index is 451. The first-order valence-electron chi connectivity index (χ1n) is 6.17. The molecule has 0 atom stereocenters. The van der Waals surface area contributed by atoms with Gasteiger partial charge in [-0.3, -0.25) is 0 Å². The van der Waals surface area contributed by atoms with Crippen LogP contribution >= 0.6 is 12.2 Å². The Balaban J connectivity index is 2.32. The highest BCUT2D eigenvalue weighted by atomic mass is 32.1. The fraction of sp³-hybridized carbons (Fsp3) is 0.462. The maximum absolute atomic E-state index is 13.4. The van der Waals surface area contributed by atoms with Crippen LogP contribution in [0.5, 0.6) is 0 Å². The standard InChI is InChI=1S/C13H18FN3S/c1-4-13(5-2)15-12(18)17(16-13)11-7-9(3)6-10(14)8-11/h6-8,16H,4-5H2,1-3H3,(H,15,18). The van der Waals surface area contributed by atoms with Gasteiger partial charge in [-0.1, -0.05) is 13.8 Å². The molecule has 18 heavy (non-hydrogen) atoms. The minimum absolute atomic E-state index is 0.225. The van der Waals surface area contributed by atoms with Gasteiger partial charge < -0.3 is 5.32 Å².